The molecule has 1 aliphatic heterocycles. The largest absolute Gasteiger partial charge is 0.362 e. The van der Waals surface area contributed by atoms with Gasteiger partial charge in [0.1, 0.15) is 11.6 Å². The molecule has 0 atom stereocenters. The predicted molar refractivity (Wildman–Crippen MR) is 104 cm³/mol. The first kappa shape index (κ1) is 17.2. The third-order valence-electron chi connectivity index (χ3n) is 4.80. The fourth-order valence-corrected chi connectivity index (χ4v) is 3.52. The highest BCUT2D eigenvalue weighted by Crippen LogP contribution is 2.28. The van der Waals surface area contributed by atoms with Crippen molar-refractivity contribution in [1.82, 2.24) is 25.1 Å². The molecule has 0 spiro atoms. The average Bonchev–Trinajstić information content (AvgIpc) is 3.16. The number of hydrogen-bond donors (Lipinski definition) is 1. The lowest BCUT2D eigenvalue weighted by atomic mass is 10.0. The summed E-state index contributed by atoms with van der Waals surface area (Å²) in [4.78, 5) is 26.2. The normalized spacial score (nSPS) is 13.4. The van der Waals surface area contributed by atoms with Gasteiger partial charge in [0, 0.05) is 31.8 Å². The minimum absolute atomic E-state index is 0.0316. The fourth-order valence-electron chi connectivity index (χ4n) is 3.52. The Kier molecular flexibility index (Phi) is 4.35. The first-order chi connectivity index (χ1) is 13.0. The Labute approximate surface area is 158 Å². The van der Waals surface area contributed by atoms with Crippen LogP contribution in [0.1, 0.15) is 27.4 Å². The first-order valence-electron chi connectivity index (χ1n) is 8.96. The van der Waals surface area contributed by atoms with Crippen LogP contribution in [0.5, 0.6) is 0 Å². The molecule has 2 aromatic heterocycles. The van der Waals surface area contributed by atoms with Gasteiger partial charge in [-0.15, -0.1) is 0 Å². The van der Waals surface area contributed by atoms with Crippen molar-refractivity contribution < 1.29 is 4.79 Å². The average molecular weight is 362 g/mol. The van der Waals surface area contributed by atoms with Crippen LogP contribution in [0.25, 0.3) is 11.3 Å². The summed E-state index contributed by atoms with van der Waals surface area (Å²) >= 11 is 0. The molecule has 1 N–H and O–H groups in total. The number of nitrogens with zero attached hydrogens (tertiary/aromatic N) is 5. The van der Waals surface area contributed by atoms with Crippen molar-refractivity contribution in [3.63, 3.8) is 0 Å². The Balaban J connectivity index is 1.64. The van der Waals surface area contributed by atoms with Gasteiger partial charge in [0.2, 0.25) is 0 Å². The van der Waals surface area contributed by atoms with Gasteiger partial charge in [-0.1, -0.05) is 30.3 Å². The van der Waals surface area contributed by atoms with Gasteiger partial charge in [0.15, 0.2) is 0 Å². The molecule has 4 rings (SSSR count). The van der Waals surface area contributed by atoms with Crippen LogP contribution in [-0.4, -0.2) is 51.6 Å². The molecule has 3 heterocycles. The van der Waals surface area contributed by atoms with Crippen molar-refractivity contribution in [3.05, 3.63) is 59.2 Å². The second kappa shape index (κ2) is 6.83. The van der Waals surface area contributed by atoms with Gasteiger partial charge in [-0.25, -0.2) is 9.97 Å². The second-order valence-electron chi connectivity index (χ2n) is 6.92. The summed E-state index contributed by atoms with van der Waals surface area (Å²) in [6, 6.07) is 9.78. The molecule has 27 heavy (non-hydrogen) atoms. The Morgan fingerprint density at radius 2 is 1.96 bits per heavy atom. The molecule has 0 fully saturated rings. The number of carbonyl (C=O) groups is 1. The molecule has 1 aliphatic rings. The van der Waals surface area contributed by atoms with E-state index < -0.39 is 0 Å². The summed E-state index contributed by atoms with van der Waals surface area (Å²) in [5.74, 6) is 1.63. The summed E-state index contributed by atoms with van der Waals surface area (Å²) in [5.41, 5.74) is 4.34. The number of anilines is 1. The number of nitrogens with one attached hydrogen (secondary N) is 1. The fraction of sp³-hybridized carbons (Fsp3) is 0.300. The van der Waals surface area contributed by atoms with Crippen LogP contribution >= 0.6 is 0 Å². The number of H-pyrrole nitrogens is 1. The summed E-state index contributed by atoms with van der Waals surface area (Å²) in [6.07, 6.45) is 2.35. The summed E-state index contributed by atoms with van der Waals surface area (Å²) in [6.45, 7) is 3.01. The molecule has 1 amide bonds. The lowest BCUT2D eigenvalue weighted by molar-refractivity contribution is 0.0732. The predicted octanol–water partition coefficient (Wildman–Crippen LogP) is 2.44. The number of aromatic nitrogens is 4. The zero-order chi connectivity index (χ0) is 19.0. The van der Waals surface area contributed by atoms with Crippen molar-refractivity contribution >= 4 is 11.7 Å². The standard InChI is InChI=1S/C20H22N6O/c1-13-22-17-12-26(10-9-15(17)19(23-13)25(2)3)20(27)16-11-21-24-18(16)14-7-5-4-6-8-14/h4-8,11H,9-10,12H2,1-3H3,(H,21,24). The van der Waals surface area contributed by atoms with E-state index in [1.807, 2.05) is 61.2 Å². The minimum atomic E-state index is -0.0316. The molecule has 1 aromatic carbocycles. The maximum absolute atomic E-state index is 13.2. The molecule has 0 bridgehead atoms. The van der Waals surface area contributed by atoms with E-state index in [9.17, 15) is 4.79 Å². The second-order valence-corrected chi connectivity index (χ2v) is 6.92. The highest BCUT2D eigenvalue weighted by atomic mass is 16.2. The molecular weight excluding hydrogens is 340 g/mol. The van der Waals surface area contributed by atoms with Gasteiger partial charge >= 0.3 is 0 Å². The number of aromatic amines is 1. The number of rotatable bonds is 3. The Bertz CT molecular complexity index is 979. The van der Waals surface area contributed by atoms with Crippen molar-refractivity contribution in [2.24, 2.45) is 0 Å². The minimum Gasteiger partial charge on any atom is -0.362 e. The topological polar surface area (TPSA) is 78.0 Å². The molecule has 0 unspecified atom stereocenters. The third kappa shape index (κ3) is 3.16. The van der Waals surface area contributed by atoms with Gasteiger partial charge in [-0.05, 0) is 13.3 Å². The van der Waals surface area contributed by atoms with Crippen LogP contribution < -0.4 is 4.90 Å². The number of carbonyl (C=O) groups excluding carboxylic acids is 1. The van der Waals surface area contributed by atoms with E-state index in [0.717, 1.165) is 40.6 Å². The zero-order valence-electron chi connectivity index (χ0n) is 15.7. The van der Waals surface area contributed by atoms with Gasteiger partial charge in [-0.2, -0.15) is 5.10 Å². The van der Waals surface area contributed by atoms with E-state index in [1.54, 1.807) is 6.20 Å². The molecule has 3 aromatic rings. The Hall–Kier alpha value is -3.22. The van der Waals surface area contributed by atoms with Gasteiger partial charge in [0.05, 0.1) is 29.7 Å². The van der Waals surface area contributed by atoms with Crippen LogP contribution in [0, 0.1) is 6.92 Å². The number of amides is 1. The monoisotopic (exact) mass is 362 g/mol. The highest BCUT2D eigenvalue weighted by Gasteiger charge is 2.28. The van der Waals surface area contributed by atoms with Gasteiger partial charge in [0.25, 0.3) is 5.91 Å². The Morgan fingerprint density at radius 3 is 2.70 bits per heavy atom. The van der Waals surface area contributed by atoms with E-state index >= 15 is 0 Å². The van der Waals surface area contributed by atoms with Crippen LogP contribution in [0.3, 0.4) is 0 Å². The quantitative estimate of drug-likeness (QED) is 0.774. The number of hydrogen-bond acceptors (Lipinski definition) is 5. The van der Waals surface area contributed by atoms with Crippen LogP contribution in [0.15, 0.2) is 36.5 Å². The number of benzene rings is 1. The molecule has 0 radical (unpaired) electrons. The molecule has 0 saturated heterocycles. The molecular formula is C20H22N6O. The van der Waals surface area contributed by atoms with Crippen LogP contribution in [-0.2, 0) is 13.0 Å². The molecule has 7 heteroatoms. The maximum Gasteiger partial charge on any atom is 0.258 e. The third-order valence-corrected chi connectivity index (χ3v) is 4.80. The summed E-state index contributed by atoms with van der Waals surface area (Å²) in [7, 11) is 3.97. The van der Waals surface area contributed by atoms with E-state index in [2.05, 4.69) is 20.2 Å². The molecule has 0 aliphatic carbocycles. The SMILES string of the molecule is Cc1nc2c(c(N(C)C)n1)CCN(C(=O)c1cn[nH]c1-c1ccccc1)C2. The van der Waals surface area contributed by atoms with Crippen molar-refractivity contribution in [3.8, 4) is 11.3 Å². The molecule has 0 saturated carbocycles. The summed E-state index contributed by atoms with van der Waals surface area (Å²) in [5, 5.41) is 7.07. The van der Waals surface area contributed by atoms with E-state index in [4.69, 9.17) is 0 Å². The van der Waals surface area contributed by atoms with E-state index in [1.165, 1.54) is 0 Å². The van der Waals surface area contributed by atoms with Gasteiger partial charge < -0.3 is 9.80 Å². The van der Waals surface area contributed by atoms with E-state index in [0.29, 0.717) is 18.7 Å². The van der Waals surface area contributed by atoms with Gasteiger partial charge in [-0.3, -0.25) is 9.89 Å². The van der Waals surface area contributed by atoms with Crippen LogP contribution in [0.2, 0.25) is 0 Å². The van der Waals surface area contributed by atoms with E-state index in [-0.39, 0.29) is 5.91 Å². The first-order valence-corrected chi connectivity index (χ1v) is 8.96. The maximum atomic E-state index is 13.2. The zero-order valence-corrected chi connectivity index (χ0v) is 15.7. The van der Waals surface area contributed by atoms with Crippen LogP contribution in [0.4, 0.5) is 5.82 Å². The van der Waals surface area contributed by atoms with Crippen molar-refractivity contribution in [1.29, 1.82) is 0 Å². The molecule has 138 valence electrons. The highest BCUT2D eigenvalue weighted by molar-refractivity contribution is 5.99. The molecule has 7 nitrogen and oxygen atoms in total. The van der Waals surface area contributed by atoms with Crippen molar-refractivity contribution in [2.75, 3.05) is 25.5 Å². The number of fused-ring (bicyclic) bond motifs is 1. The Morgan fingerprint density at radius 1 is 1.19 bits per heavy atom. The summed E-state index contributed by atoms with van der Waals surface area (Å²) < 4.78 is 0. The lowest BCUT2D eigenvalue weighted by Gasteiger charge is -2.30. The smallest absolute Gasteiger partial charge is 0.258 e. The number of aryl methyl sites for hydroxylation is 1. The lowest BCUT2D eigenvalue weighted by Crippen LogP contribution is -2.37. The van der Waals surface area contributed by atoms with Crippen molar-refractivity contribution in [2.45, 2.75) is 19.9 Å².